The molecule has 0 nitrogen and oxygen atoms in total. The summed E-state index contributed by atoms with van der Waals surface area (Å²) in [5.41, 5.74) is 0. The number of rotatable bonds is 5. The normalized spacial score (nSPS) is 13.2. The van der Waals surface area contributed by atoms with Gasteiger partial charge in [-0.15, -0.1) is 11.6 Å². The average Bonchev–Trinajstić information content (AvgIpc) is 1.89. The van der Waals surface area contributed by atoms with Gasteiger partial charge < -0.3 is 0 Å². The van der Waals surface area contributed by atoms with Crippen LogP contribution in [0.1, 0.15) is 20.3 Å². The van der Waals surface area contributed by atoms with Crippen molar-refractivity contribution >= 4 is 18.9 Å². The largest absolute Gasteiger partial charge is 0.126 e. The molecule has 0 amide bonds. The molecule has 0 aliphatic rings. The van der Waals surface area contributed by atoms with E-state index in [-0.39, 0.29) is 0 Å². The van der Waals surface area contributed by atoms with Crippen LogP contribution in [0.2, 0.25) is 12.6 Å². The molecule has 0 rings (SSSR count). The van der Waals surface area contributed by atoms with Crippen LogP contribution in [0.15, 0.2) is 0 Å². The van der Waals surface area contributed by atoms with Crippen LogP contribution >= 0.6 is 11.6 Å². The van der Waals surface area contributed by atoms with E-state index in [9.17, 15) is 0 Å². The van der Waals surface area contributed by atoms with E-state index in [4.69, 9.17) is 11.6 Å². The number of hydrogen-bond acceptors (Lipinski definition) is 0. The summed E-state index contributed by atoms with van der Waals surface area (Å²) in [4.78, 5) is 0. The summed E-state index contributed by atoms with van der Waals surface area (Å²) in [6, 6.07) is 0. The zero-order chi connectivity index (χ0) is 7.11. The molecular weight excluding hydrogens is 130 g/mol. The van der Waals surface area contributed by atoms with Crippen LogP contribution in [-0.2, 0) is 0 Å². The molecule has 2 heteroatoms. The third-order valence-electron chi connectivity index (χ3n) is 1.56. The molecule has 1 unspecified atom stereocenters. The highest BCUT2D eigenvalue weighted by atomic mass is 35.5. The van der Waals surface area contributed by atoms with Gasteiger partial charge in [0.25, 0.3) is 0 Å². The van der Waals surface area contributed by atoms with Gasteiger partial charge in [-0.1, -0.05) is 32.9 Å². The Balaban J connectivity index is 2.88. The van der Waals surface area contributed by atoms with Crippen molar-refractivity contribution in [3.63, 3.8) is 0 Å². The van der Waals surface area contributed by atoms with Crippen molar-refractivity contribution in [1.82, 2.24) is 0 Å². The maximum Gasteiger partial charge on any atom is 0.120 e. The van der Waals surface area contributed by atoms with Crippen molar-refractivity contribution in [1.29, 1.82) is 0 Å². The fraction of sp³-hybridized carbons (Fsp3) is 1.00. The predicted octanol–water partition coefficient (Wildman–Crippen LogP) is 2.54. The number of halogens is 1. The van der Waals surface area contributed by atoms with Gasteiger partial charge in [0.05, 0.1) is 0 Å². The Morgan fingerprint density at radius 1 is 1.56 bits per heavy atom. The molecule has 0 aliphatic heterocycles. The minimum absolute atomic E-state index is 0.721. The van der Waals surface area contributed by atoms with E-state index >= 15 is 0 Å². The van der Waals surface area contributed by atoms with Crippen LogP contribution in [-0.4, -0.2) is 13.2 Å². The molecule has 9 heavy (non-hydrogen) atoms. The van der Waals surface area contributed by atoms with Crippen LogP contribution in [0, 0.1) is 5.92 Å². The van der Waals surface area contributed by atoms with E-state index < -0.39 is 0 Å². The monoisotopic (exact) mass is 146 g/mol. The maximum absolute atomic E-state index is 5.63. The Hall–Kier alpha value is 0.355. The molecule has 0 fully saturated rings. The van der Waals surface area contributed by atoms with Crippen molar-refractivity contribution in [2.75, 3.05) is 5.88 Å². The minimum atomic E-state index is 0.721. The summed E-state index contributed by atoms with van der Waals surface area (Å²) in [7, 11) is 1.35. The topological polar surface area (TPSA) is 0 Å². The van der Waals surface area contributed by atoms with E-state index in [1.165, 1.54) is 26.3 Å². The van der Waals surface area contributed by atoms with Crippen LogP contribution < -0.4 is 0 Å². The Bertz CT molecular complexity index is 56.9. The molecule has 0 saturated carbocycles. The first-order valence-electron chi connectivity index (χ1n) is 3.87. The second-order valence-electron chi connectivity index (χ2n) is 2.76. The molecule has 0 aromatic heterocycles. The van der Waals surface area contributed by atoms with Crippen LogP contribution in [0.4, 0.5) is 0 Å². The molecule has 0 spiro atoms. The molecule has 0 aromatic carbocycles. The Morgan fingerprint density at radius 2 is 2.22 bits per heavy atom. The molecule has 54 valence electrons. The van der Waals surface area contributed by atoms with E-state index in [2.05, 4.69) is 13.8 Å². The van der Waals surface area contributed by atoms with Crippen LogP contribution in [0.25, 0.3) is 0 Å². The van der Waals surface area contributed by atoms with Gasteiger partial charge in [-0.3, -0.25) is 0 Å². The van der Waals surface area contributed by atoms with Crippen molar-refractivity contribution in [2.45, 2.75) is 32.9 Å². The summed E-state index contributed by atoms with van der Waals surface area (Å²) < 4.78 is 0. The van der Waals surface area contributed by atoms with Gasteiger partial charge >= 0.3 is 0 Å². The predicted molar refractivity (Wildman–Crippen MR) is 46.9 cm³/mol. The molecule has 0 aromatic rings. The van der Waals surface area contributed by atoms with Gasteiger partial charge in [0.15, 0.2) is 0 Å². The lowest BCUT2D eigenvalue weighted by atomic mass is 9.67. The molecular formula is C7H16BCl. The first-order chi connectivity index (χ1) is 4.31. The van der Waals surface area contributed by atoms with Gasteiger partial charge in [-0.2, -0.15) is 0 Å². The van der Waals surface area contributed by atoms with Crippen LogP contribution in [0.3, 0.4) is 0 Å². The third kappa shape index (κ3) is 6.24. The molecule has 0 heterocycles. The van der Waals surface area contributed by atoms with Crippen molar-refractivity contribution in [3.05, 3.63) is 0 Å². The van der Waals surface area contributed by atoms with Crippen molar-refractivity contribution < 1.29 is 0 Å². The SMILES string of the molecule is CCCBCC(C)CCl. The smallest absolute Gasteiger partial charge is 0.120 e. The zero-order valence-electron chi connectivity index (χ0n) is 6.49. The summed E-state index contributed by atoms with van der Waals surface area (Å²) >= 11 is 5.63. The number of hydrogen-bond donors (Lipinski definition) is 0. The first-order valence-corrected chi connectivity index (χ1v) is 4.40. The van der Waals surface area contributed by atoms with E-state index in [1.807, 2.05) is 0 Å². The van der Waals surface area contributed by atoms with Crippen molar-refractivity contribution in [3.8, 4) is 0 Å². The molecule has 0 aliphatic carbocycles. The second kappa shape index (κ2) is 6.47. The van der Waals surface area contributed by atoms with Gasteiger partial charge in [-0.25, -0.2) is 0 Å². The maximum atomic E-state index is 5.63. The standard InChI is InChI=1S/C7H16BCl/c1-3-4-8-5-7(2)6-9/h7-8H,3-6H2,1-2H3. The average molecular weight is 146 g/mol. The minimum Gasteiger partial charge on any atom is -0.126 e. The first kappa shape index (κ1) is 9.35. The second-order valence-corrected chi connectivity index (χ2v) is 3.06. The van der Waals surface area contributed by atoms with Gasteiger partial charge in [0.2, 0.25) is 0 Å². The lowest BCUT2D eigenvalue weighted by molar-refractivity contribution is 0.736. The Labute approximate surface area is 64.2 Å². The summed E-state index contributed by atoms with van der Waals surface area (Å²) in [5, 5.41) is 0. The highest BCUT2D eigenvalue weighted by molar-refractivity contribution is 6.35. The van der Waals surface area contributed by atoms with Crippen molar-refractivity contribution in [2.24, 2.45) is 5.92 Å². The molecule has 0 saturated heterocycles. The fourth-order valence-corrected chi connectivity index (χ4v) is 0.974. The quantitative estimate of drug-likeness (QED) is 0.318. The van der Waals surface area contributed by atoms with Crippen LogP contribution in [0.5, 0.6) is 0 Å². The van der Waals surface area contributed by atoms with E-state index in [0.29, 0.717) is 0 Å². The lowest BCUT2D eigenvalue weighted by Crippen LogP contribution is -2.00. The Morgan fingerprint density at radius 3 is 2.67 bits per heavy atom. The molecule has 0 bridgehead atoms. The van der Waals surface area contributed by atoms with E-state index in [1.54, 1.807) is 0 Å². The van der Waals surface area contributed by atoms with Gasteiger partial charge in [0.1, 0.15) is 7.28 Å². The summed E-state index contributed by atoms with van der Waals surface area (Å²) in [6.07, 6.45) is 3.98. The summed E-state index contributed by atoms with van der Waals surface area (Å²) in [6.45, 7) is 4.44. The van der Waals surface area contributed by atoms with E-state index in [0.717, 1.165) is 11.8 Å². The lowest BCUT2D eigenvalue weighted by Gasteiger charge is -2.03. The highest BCUT2D eigenvalue weighted by Gasteiger charge is 1.98. The van der Waals surface area contributed by atoms with Gasteiger partial charge in [-0.05, 0) is 5.92 Å². The molecule has 0 radical (unpaired) electrons. The highest BCUT2D eigenvalue weighted by Crippen LogP contribution is 2.05. The summed E-state index contributed by atoms with van der Waals surface area (Å²) in [5.74, 6) is 1.54. The number of alkyl halides is 1. The molecule has 1 atom stereocenters. The molecule has 0 N–H and O–H groups in total. The zero-order valence-corrected chi connectivity index (χ0v) is 7.25. The third-order valence-corrected chi connectivity index (χ3v) is 2.09. The Kier molecular flexibility index (Phi) is 6.73. The van der Waals surface area contributed by atoms with Gasteiger partial charge in [0, 0.05) is 5.88 Å². The fourth-order valence-electron chi connectivity index (χ4n) is 0.820.